The minimum atomic E-state index is 0.439. The van der Waals surface area contributed by atoms with Crippen molar-refractivity contribution in [1.29, 1.82) is 0 Å². The summed E-state index contributed by atoms with van der Waals surface area (Å²) in [5, 5.41) is 0.981. The summed E-state index contributed by atoms with van der Waals surface area (Å²) in [6.07, 6.45) is 1.82. The fourth-order valence-corrected chi connectivity index (χ4v) is 1.33. The van der Waals surface area contributed by atoms with Crippen LogP contribution < -0.4 is 10.5 Å². The van der Waals surface area contributed by atoms with Crippen LogP contribution in [0.5, 0.6) is 5.75 Å². The van der Waals surface area contributed by atoms with Gasteiger partial charge in [-0.05, 0) is 12.6 Å². The van der Waals surface area contributed by atoms with Crippen molar-refractivity contribution in [2.75, 3.05) is 13.7 Å². The van der Waals surface area contributed by atoms with Gasteiger partial charge in [0.15, 0.2) is 0 Å². The third-order valence-electron chi connectivity index (χ3n) is 1.61. The third kappa shape index (κ3) is 2.50. The summed E-state index contributed by atoms with van der Waals surface area (Å²) < 4.78 is 5.10. The Hall–Kier alpha value is -0.440. The van der Waals surface area contributed by atoms with E-state index in [0.717, 1.165) is 5.56 Å². The van der Waals surface area contributed by atoms with Gasteiger partial charge in [-0.15, -0.1) is 0 Å². The van der Waals surface area contributed by atoms with Crippen LogP contribution in [-0.4, -0.2) is 13.7 Å². The van der Waals surface area contributed by atoms with Gasteiger partial charge in [0.05, 0.1) is 17.2 Å². The molecule has 0 saturated carbocycles. The zero-order chi connectivity index (χ0) is 9.84. The van der Waals surface area contributed by atoms with Gasteiger partial charge >= 0.3 is 0 Å². The molecule has 4 heteroatoms. The lowest BCUT2D eigenvalue weighted by Crippen LogP contribution is -2.02. The van der Waals surface area contributed by atoms with Crippen LogP contribution in [0.25, 0.3) is 0 Å². The molecule has 0 heterocycles. The van der Waals surface area contributed by atoms with E-state index in [1.165, 1.54) is 0 Å². The third-order valence-corrected chi connectivity index (χ3v) is 2.33. The normalized spacial score (nSPS) is 10.2. The Morgan fingerprint density at radius 2 is 2.00 bits per heavy atom. The first kappa shape index (κ1) is 10.6. The molecule has 71 valence electrons. The summed E-state index contributed by atoms with van der Waals surface area (Å²) in [4.78, 5) is 0. The Kier molecular flexibility index (Phi) is 3.85. The lowest BCUT2D eigenvalue weighted by Gasteiger charge is -2.08. The predicted octanol–water partition coefficient (Wildman–Crippen LogP) is 2.51. The smallest absolute Gasteiger partial charge is 0.123 e. The Morgan fingerprint density at radius 3 is 2.54 bits per heavy atom. The van der Waals surface area contributed by atoms with E-state index in [9.17, 15) is 0 Å². The molecule has 13 heavy (non-hydrogen) atoms. The maximum Gasteiger partial charge on any atom is 0.123 e. The van der Waals surface area contributed by atoms with Gasteiger partial charge in [0, 0.05) is 18.1 Å². The number of methoxy groups -OCH3 is 1. The molecule has 0 atom stereocenters. The highest BCUT2D eigenvalue weighted by molar-refractivity contribution is 6.42. The van der Waals surface area contributed by atoms with E-state index >= 15 is 0 Å². The summed E-state index contributed by atoms with van der Waals surface area (Å²) in [5.74, 6) is 0.680. The first-order valence-corrected chi connectivity index (χ1v) is 4.51. The van der Waals surface area contributed by atoms with Gasteiger partial charge in [-0.1, -0.05) is 23.2 Å². The molecule has 1 aromatic rings. The summed E-state index contributed by atoms with van der Waals surface area (Å²) >= 11 is 11.6. The van der Waals surface area contributed by atoms with E-state index in [2.05, 4.69) is 0 Å². The molecular weight excluding hydrogens is 209 g/mol. The Morgan fingerprint density at radius 1 is 1.38 bits per heavy atom. The molecule has 0 spiro atoms. The molecule has 0 aliphatic carbocycles. The lowest BCUT2D eigenvalue weighted by atomic mass is 10.1. The van der Waals surface area contributed by atoms with Crippen LogP contribution in [0.15, 0.2) is 12.1 Å². The molecule has 0 saturated heterocycles. The van der Waals surface area contributed by atoms with E-state index in [1.54, 1.807) is 19.2 Å². The molecule has 2 N–H and O–H groups in total. The average molecular weight is 219 g/mol. The molecule has 0 aromatic heterocycles. The van der Waals surface area contributed by atoms with Crippen LogP contribution in [0.4, 0.5) is 0 Å². The summed E-state index contributed by atoms with van der Waals surface area (Å²) in [6.45, 7) is 0.439. The van der Waals surface area contributed by atoms with Crippen LogP contribution in [0, 0.1) is 6.42 Å². The Bertz CT molecular complexity index is 302. The average Bonchev–Trinajstić information content (AvgIpc) is 2.11. The first-order chi connectivity index (χ1) is 6.19. The lowest BCUT2D eigenvalue weighted by molar-refractivity contribution is 0.412. The second-order valence-corrected chi connectivity index (χ2v) is 3.26. The topological polar surface area (TPSA) is 35.2 Å². The van der Waals surface area contributed by atoms with Crippen molar-refractivity contribution in [3.05, 3.63) is 34.2 Å². The molecule has 1 aromatic carbocycles. The number of benzene rings is 1. The molecule has 0 amide bonds. The summed E-state index contributed by atoms with van der Waals surface area (Å²) in [6, 6.07) is 3.40. The van der Waals surface area contributed by atoms with Gasteiger partial charge in [-0.3, -0.25) is 0 Å². The standard InChI is InChI=1S/C9H10Cl2NO/c1-13-9-5-8(11)7(10)4-6(9)2-3-12/h2,4-5H,3,12H2,1H3. The highest BCUT2D eigenvalue weighted by Crippen LogP contribution is 2.30. The molecule has 1 radical (unpaired) electrons. The van der Waals surface area contributed by atoms with Crippen LogP contribution in [0.1, 0.15) is 5.56 Å². The van der Waals surface area contributed by atoms with Crippen molar-refractivity contribution in [2.24, 2.45) is 5.73 Å². The zero-order valence-electron chi connectivity index (χ0n) is 7.18. The van der Waals surface area contributed by atoms with Crippen LogP contribution in [-0.2, 0) is 0 Å². The largest absolute Gasteiger partial charge is 0.496 e. The highest BCUT2D eigenvalue weighted by Gasteiger charge is 2.06. The maximum absolute atomic E-state index is 5.83. The van der Waals surface area contributed by atoms with Gasteiger partial charge in [-0.25, -0.2) is 0 Å². The number of halogens is 2. The van der Waals surface area contributed by atoms with Gasteiger partial charge in [0.1, 0.15) is 5.75 Å². The van der Waals surface area contributed by atoms with E-state index < -0.39 is 0 Å². The summed E-state index contributed by atoms with van der Waals surface area (Å²) in [7, 11) is 1.58. The van der Waals surface area contributed by atoms with Crippen molar-refractivity contribution >= 4 is 23.2 Å². The zero-order valence-corrected chi connectivity index (χ0v) is 8.69. The minimum absolute atomic E-state index is 0.439. The van der Waals surface area contributed by atoms with E-state index in [4.69, 9.17) is 33.7 Å². The number of rotatable bonds is 3. The number of hydrogen-bond donors (Lipinski definition) is 1. The SMILES string of the molecule is COc1cc(Cl)c(Cl)cc1[CH]CN. The van der Waals surface area contributed by atoms with Gasteiger partial charge in [0.2, 0.25) is 0 Å². The van der Waals surface area contributed by atoms with Crippen molar-refractivity contribution < 1.29 is 4.74 Å². The second kappa shape index (κ2) is 4.70. The Labute approximate surface area is 87.6 Å². The van der Waals surface area contributed by atoms with Gasteiger partial charge in [0.25, 0.3) is 0 Å². The molecule has 0 unspecified atom stereocenters. The Balaban J connectivity index is 3.09. The van der Waals surface area contributed by atoms with Crippen LogP contribution in [0.3, 0.4) is 0 Å². The highest BCUT2D eigenvalue weighted by atomic mass is 35.5. The van der Waals surface area contributed by atoms with Crippen molar-refractivity contribution in [3.63, 3.8) is 0 Å². The predicted molar refractivity (Wildman–Crippen MR) is 55.5 cm³/mol. The van der Waals surface area contributed by atoms with Crippen molar-refractivity contribution in [3.8, 4) is 5.75 Å². The monoisotopic (exact) mass is 218 g/mol. The molecule has 2 nitrogen and oxygen atoms in total. The number of hydrogen-bond acceptors (Lipinski definition) is 2. The second-order valence-electron chi connectivity index (χ2n) is 2.45. The minimum Gasteiger partial charge on any atom is -0.496 e. The molecule has 0 fully saturated rings. The molecule has 0 bridgehead atoms. The number of nitrogens with two attached hydrogens (primary N) is 1. The van der Waals surface area contributed by atoms with Crippen molar-refractivity contribution in [1.82, 2.24) is 0 Å². The first-order valence-electron chi connectivity index (χ1n) is 3.75. The van der Waals surface area contributed by atoms with E-state index in [1.807, 2.05) is 6.42 Å². The molecule has 0 aliphatic heterocycles. The number of ether oxygens (including phenoxy) is 1. The molecule has 0 aliphatic rings. The maximum atomic E-state index is 5.83. The van der Waals surface area contributed by atoms with E-state index in [-0.39, 0.29) is 0 Å². The summed E-state index contributed by atoms with van der Waals surface area (Å²) in [5.41, 5.74) is 6.25. The van der Waals surface area contributed by atoms with Crippen LogP contribution >= 0.6 is 23.2 Å². The fraction of sp³-hybridized carbons (Fsp3) is 0.222. The fourth-order valence-electron chi connectivity index (χ4n) is 1.01. The van der Waals surface area contributed by atoms with Gasteiger partial charge in [-0.2, -0.15) is 0 Å². The van der Waals surface area contributed by atoms with Gasteiger partial charge < -0.3 is 10.5 Å². The van der Waals surface area contributed by atoms with E-state index in [0.29, 0.717) is 22.3 Å². The van der Waals surface area contributed by atoms with Crippen molar-refractivity contribution in [2.45, 2.75) is 0 Å². The quantitative estimate of drug-likeness (QED) is 0.847. The molecular formula is C9H10Cl2NO. The molecule has 1 rings (SSSR count). The van der Waals surface area contributed by atoms with Crippen LogP contribution in [0.2, 0.25) is 10.0 Å².